The minimum Gasteiger partial charge on any atom is -0.350 e. The summed E-state index contributed by atoms with van der Waals surface area (Å²) in [6.07, 6.45) is 31.5. The van der Waals surface area contributed by atoms with Crippen LogP contribution < -0.4 is 0 Å². The molecule has 642 valence electrons. The number of imidazole rings is 2. The molecule has 0 aromatic carbocycles. The number of aromatic nitrogens is 20. The Balaban J connectivity index is 0.000000144. The highest BCUT2D eigenvalue weighted by atomic mass is 15.2. The topological polar surface area (TPSA) is 184 Å². The Morgan fingerprint density at radius 1 is 0.238 bits per heavy atom. The zero-order valence-corrected chi connectivity index (χ0v) is 78.9. The van der Waals surface area contributed by atoms with Crippen LogP contribution in [-0.4, -0.2) is 95.7 Å². The van der Waals surface area contributed by atoms with Gasteiger partial charge in [0.2, 0.25) is 0 Å². The van der Waals surface area contributed by atoms with E-state index in [1.807, 2.05) is 144 Å². The summed E-state index contributed by atoms with van der Waals surface area (Å²) >= 11 is 0. The quantitative estimate of drug-likeness (QED) is 0.141. The maximum Gasteiger partial charge on any atom is 0.153 e. The molecule has 0 fully saturated rings. The Labute approximate surface area is 723 Å². The normalized spacial score (nSPS) is 12.3. The van der Waals surface area contributed by atoms with Crippen molar-refractivity contribution in [2.45, 2.75) is 236 Å². The molecule has 18 rings (SSSR count). The van der Waals surface area contributed by atoms with Gasteiger partial charge in [-0.2, -0.15) is 10.2 Å². The van der Waals surface area contributed by atoms with Crippen LogP contribution in [0.2, 0.25) is 0 Å². The van der Waals surface area contributed by atoms with Crippen LogP contribution in [0.4, 0.5) is 0 Å². The molecule has 20 nitrogen and oxygen atoms in total. The molecule has 0 radical (unpaired) electrons. The maximum atomic E-state index is 4.67. The van der Waals surface area contributed by atoms with Crippen LogP contribution in [-0.2, 0) is 84.0 Å². The molecule has 0 unspecified atom stereocenters. The van der Waals surface area contributed by atoms with Gasteiger partial charge in [-0.15, -0.1) is 0 Å². The van der Waals surface area contributed by atoms with Gasteiger partial charge in [0.05, 0.1) is 27.9 Å². The zero-order valence-electron chi connectivity index (χ0n) is 78.9. The van der Waals surface area contributed by atoms with E-state index >= 15 is 0 Å². The van der Waals surface area contributed by atoms with E-state index < -0.39 is 0 Å². The molecular formula is C102H134N20. The molecular weight excluding hydrogens is 1510 g/mol. The van der Waals surface area contributed by atoms with Crippen LogP contribution in [0.1, 0.15) is 238 Å². The molecule has 20 heteroatoms. The van der Waals surface area contributed by atoms with Crippen molar-refractivity contribution in [3.05, 3.63) is 284 Å². The van der Waals surface area contributed by atoms with Crippen LogP contribution >= 0.6 is 0 Å². The second-order valence-corrected chi connectivity index (χ2v) is 41.1. The Morgan fingerprint density at radius 3 is 1.13 bits per heavy atom. The minimum atomic E-state index is 0.0124. The molecule has 18 aromatic rings. The SMILES string of the molecule is CC(C)(C)c1ccc2cccn2n1.CC(C)(C)c1ccc2nccn2n1.CC(C)(C)c1ccn2cccc2n1.CC(C)(C)c1ccn2ccnc2c1.Cn1ccc2ccc(C(C)(C)C)nc21.Cn1ccc2ccc(C(C)(C)C)nc21.Cn1ccc2cnc(C(C)(C)C)cc21.Cn1ccc2cnc(C(C)(C)C)cc21.Cn1ccc2cnc(C(C)(C)C)nc21. The second-order valence-electron chi connectivity index (χ2n) is 41.1. The van der Waals surface area contributed by atoms with Crippen LogP contribution in [0.3, 0.4) is 0 Å². The monoisotopic (exact) mass is 1640 g/mol. The fraction of sp³-hybridized carbons (Fsp3) is 0.402. The highest BCUT2D eigenvalue weighted by molar-refractivity contribution is 5.81. The first-order valence-electron chi connectivity index (χ1n) is 42.3. The first-order chi connectivity index (χ1) is 56.7. The lowest BCUT2D eigenvalue weighted by molar-refractivity contribution is 0.547. The molecule has 0 saturated heterocycles. The number of aryl methyl sites for hydroxylation is 5. The van der Waals surface area contributed by atoms with Gasteiger partial charge in [0, 0.05) is 233 Å². The summed E-state index contributed by atoms with van der Waals surface area (Å²) in [5.74, 6) is 0.895. The van der Waals surface area contributed by atoms with E-state index in [1.54, 1.807) is 10.7 Å². The highest BCUT2D eigenvalue weighted by Gasteiger charge is 2.24. The van der Waals surface area contributed by atoms with Crippen LogP contribution in [0, 0.1) is 0 Å². The molecule has 0 bridgehead atoms. The molecule has 0 N–H and O–H groups in total. The third-order valence-electron chi connectivity index (χ3n) is 20.9. The molecule has 0 aliphatic carbocycles. The van der Waals surface area contributed by atoms with Gasteiger partial charge in [0.15, 0.2) is 5.65 Å². The molecule has 18 heterocycles. The fourth-order valence-electron chi connectivity index (χ4n) is 12.9. The summed E-state index contributed by atoms with van der Waals surface area (Å²) < 4.78 is 18.2. The van der Waals surface area contributed by atoms with Crippen molar-refractivity contribution in [1.29, 1.82) is 0 Å². The molecule has 0 aliphatic heterocycles. The summed E-state index contributed by atoms with van der Waals surface area (Å²) in [4.78, 5) is 40.2. The number of rotatable bonds is 0. The second kappa shape index (κ2) is 36.4. The van der Waals surface area contributed by atoms with Gasteiger partial charge in [-0.3, -0.25) is 9.97 Å². The number of pyridine rings is 5. The van der Waals surface area contributed by atoms with Gasteiger partial charge in [-0.05, 0) is 144 Å². The maximum absolute atomic E-state index is 4.67. The third kappa shape index (κ3) is 23.8. The first kappa shape index (κ1) is 92.4. The molecule has 122 heavy (non-hydrogen) atoms. The number of hydrogen-bond donors (Lipinski definition) is 0. The van der Waals surface area contributed by atoms with Crippen LogP contribution in [0.25, 0.3) is 77.4 Å². The molecule has 0 atom stereocenters. The zero-order chi connectivity index (χ0) is 89.6. The summed E-state index contributed by atoms with van der Waals surface area (Å²) in [5.41, 5.74) is 20.0. The Bertz CT molecular complexity index is 5620. The lowest BCUT2D eigenvalue weighted by Gasteiger charge is -2.18. The predicted molar refractivity (Wildman–Crippen MR) is 508 cm³/mol. The number of hydrogen-bond acceptors (Lipinski definition) is 11. The van der Waals surface area contributed by atoms with Gasteiger partial charge in [-0.1, -0.05) is 187 Å². The van der Waals surface area contributed by atoms with Crippen molar-refractivity contribution in [3.8, 4) is 0 Å². The van der Waals surface area contributed by atoms with Gasteiger partial charge >= 0.3 is 0 Å². The molecule has 0 spiro atoms. The van der Waals surface area contributed by atoms with Gasteiger partial charge in [0.1, 0.15) is 34.1 Å². The lowest BCUT2D eigenvalue weighted by atomic mass is 9.88. The van der Waals surface area contributed by atoms with E-state index in [0.717, 1.165) is 90.5 Å². The van der Waals surface area contributed by atoms with Gasteiger partial charge < -0.3 is 31.6 Å². The van der Waals surface area contributed by atoms with E-state index in [2.05, 4.69) is 396 Å². The number of fused-ring (bicyclic) bond motifs is 9. The van der Waals surface area contributed by atoms with Gasteiger partial charge in [-0.25, -0.2) is 43.9 Å². The summed E-state index contributed by atoms with van der Waals surface area (Å²) in [7, 11) is 10.2. The number of nitrogens with zero attached hydrogens (tertiary/aromatic N) is 20. The van der Waals surface area contributed by atoms with Crippen molar-refractivity contribution >= 4 is 77.4 Å². The first-order valence-corrected chi connectivity index (χ1v) is 42.3. The Kier molecular flexibility index (Phi) is 27.6. The van der Waals surface area contributed by atoms with Crippen molar-refractivity contribution in [2.24, 2.45) is 35.2 Å². The van der Waals surface area contributed by atoms with Crippen molar-refractivity contribution in [3.63, 3.8) is 0 Å². The van der Waals surface area contributed by atoms with Crippen LogP contribution in [0.5, 0.6) is 0 Å². The molecule has 0 aliphatic rings. The lowest BCUT2D eigenvalue weighted by Crippen LogP contribution is -2.16. The third-order valence-corrected chi connectivity index (χ3v) is 20.9. The smallest absolute Gasteiger partial charge is 0.153 e. The van der Waals surface area contributed by atoms with E-state index in [9.17, 15) is 0 Å². The summed E-state index contributed by atoms with van der Waals surface area (Å²) in [6, 6.07) is 45.9. The standard InChI is InChI=1S/4C12H16N2.C11H15N3.3C11H14N2.C10H13N3/c2*1-12(2,3)11-7-10-9(8-13-11)5-6-14(10)4;2*1-12(2,3)10-6-5-9-7-8-14(4)11(9)13-10;1-11(2,3)10-12-7-8-5-6-14(4)9(8)13-10;1-11(2,3)9-4-6-13-7-5-12-10(13)8-9;1-11(2,3)10-7-6-9-5-4-8-13(9)12-10;1-11(2,3)9-6-8-13-7-4-5-10(13)12-9;1-10(2,3)8-4-5-9-11-6-7-13(9)12-8/h4*5-8H,1-4H3;5-7H,1-4H3;3*4-8H,1-3H3;4-7H,1-3H3. The average Bonchev–Trinajstić information content (AvgIpc) is 1.67. The average molecular weight is 1640 g/mol. The van der Waals surface area contributed by atoms with E-state index in [0.29, 0.717) is 0 Å². The van der Waals surface area contributed by atoms with Gasteiger partial charge in [0.25, 0.3) is 0 Å². The molecule has 0 amide bonds. The van der Waals surface area contributed by atoms with Crippen molar-refractivity contribution in [2.75, 3.05) is 0 Å². The van der Waals surface area contributed by atoms with E-state index in [-0.39, 0.29) is 48.7 Å². The Morgan fingerprint density at radius 2 is 0.639 bits per heavy atom. The summed E-state index contributed by atoms with van der Waals surface area (Å²) in [5, 5.41) is 14.9. The van der Waals surface area contributed by atoms with Crippen LogP contribution in [0.15, 0.2) is 233 Å². The highest BCUT2D eigenvalue weighted by Crippen LogP contribution is 2.31. The van der Waals surface area contributed by atoms with E-state index in [4.69, 9.17) is 0 Å². The van der Waals surface area contributed by atoms with E-state index in [1.165, 1.54) is 38.1 Å². The van der Waals surface area contributed by atoms with Crippen molar-refractivity contribution < 1.29 is 0 Å². The largest absolute Gasteiger partial charge is 0.350 e. The molecule has 18 aromatic heterocycles. The summed E-state index contributed by atoms with van der Waals surface area (Å²) in [6.45, 7) is 58.7. The van der Waals surface area contributed by atoms with Crippen molar-refractivity contribution in [1.82, 2.24) is 95.7 Å². The minimum absolute atomic E-state index is 0.0124. The Hall–Kier alpha value is -11.9. The fourth-order valence-corrected chi connectivity index (χ4v) is 12.9. The predicted octanol–water partition coefficient (Wildman–Crippen LogP) is 23.7. The molecule has 0 saturated carbocycles.